The highest BCUT2D eigenvalue weighted by Gasteiger charge is 2.15. The van der Waals surface area contributed by atoms with E-state index in [9.17, 15) is 19.5 Å². The number of amides is 1. The van der Waals surface area contributed by atoms with Crippen molar-refractivity contribution in [3.8, 4) is 5.75 Å². The fraction of sp³-hybridized carbons (Fsp3) is 0.353. The molecule has 0 saturated heterocycles. The van der Waals surface area contributed by atoms with Crippen LogP contribution in [-0.2, 0) is 9.59 Å². The molecule has 7 nitrogen and oxygen atoms in total. The van der Waals surface area contributed by atoms with Gasteiger partial charge in [-0.25, -0.2) is 4.79 Å². The van der Waals surface area contributed by atoms with Crippen LogP contribution in [0.4, 0.5) is 0 Å². The topological polar surface area (TPSA) is 109 Å². The van der Waals surface area contributed by atoms with Crippen molar-refractivity contribution in [2.45, 2.75) is 33.7 Å². The van der Waals surface area contributed by atoms with Crippen molar-refractivity contribution in [2.75, 3.05) is 6.61 Å². The fourth-order valence-corrected chi connectivity index (χ4v) is 2.29. The molecule has 0 unspecified atom stereocenters. The van der Waals surface area contributed by atoms with Gasteiger partial charge in [0.25, 0.3) is 5.91 Å². The number of carboxylic acid groups (broad SMARTS) is 1. The van der Waals surface area contributed by atoms with E-state index in [1.165, 1.54) is 6.92 Å². The molecule has 0 fully saturated rings. The van der Waals surface area contributed by atoms with E-state index in [0.717, 1.165) is 5.56 Å². The van der Waals surface area contributed by atoms with E-state index in [1.807, 2.05) is 0 Å². The SMILES string of the molecule is Cc1cc(OCC(=O)N[C@@H](C)C(=O)[O-])c2c(C)c(C)c(=O)oc2c1. The van der Waals surface area contributed by atoms with Gasteiger partial charge in [-0.15, -0.1) is 0 Å². The zero-order chi connectivity index (χ0) is 18.0. The summed E-state index contributed by atoms with van der Waals surface area (Å²) < 4.78 is 10.8. The monoisotopic (exact) mass is 332 g/mol. The van der Waals surface area contributed by atoms with Crippen molar-refractivity contribution in [3.63, 3.8) is 0 Å². The van der Waals surface area contributed by atoms with Crippen LogP contribution < -0.4 is 20.8 Å². The molecule has 0 aliphatic carbocycles. The van der Waals surface area contributed by atoms with Crippen LogP contribution in [0, 0.1) is 20.8 Å². The number of fused-ring (bicyclic) bond motifs is 1. The number of carbonyl (C=O) groups excluding carboxylic acids is 2. The highest BCUT2D eigenvalue weighted by molar-refractivity contribution is 5.89. The summed E-state index contributed by atoms with van der Waals surface area (Å²) in [5.74, 6) is -1.57. The molecule has 1 aromatic carbocycles. The molecule has 0 aliphatic heterocycles. The Morgan fingerprint density at radius 1 is 1.25 bits per heavy atom. The van der Waals surface area contributed by atoms with Crippen LogP contribution in [-0.4, -0.2) is 24.5 Å². The fourth-order valence-electron chi connectivity index (χ4n) is 2.29. The number of hydrogen-bond donors (Lipinski definition) is 1. The van der Waals surface area contributed by atoms with Crippen LogP contribution in [0.25, 0.3) is 11.0 Å². The number of aliphatic carboxylic acids is 1. The van der Waals surface area contributed by atoms with Crippen molar-refractivity contribution in [2.24, 2.45) is 0 Å². The van der Waals surface area contributed by atoms with Gasteiger partial charge >= 0.3 is 5.63 Å². The molecular formula is C17H18NO6-. The Morgan fingerprint density at radius 3 is 2.54 bits per heavy atom. The number of carboxylic acids is 1. The molecule has 1 heterocycles. The largest absolute Gasteiger partial charge is 0.548 e. The zero-order valence-corrected chi connectivity index (χ0v) is 13.9. The summed E-state index contributed by atoms with van der Waals surface area (Å²) in [7, 11) is 0. The number of rotatable bonds is 5. The van der Waals surface area contributed by atoms with Crippen molar-refractivity contribution in [3.05, 3.63) is 39.2 Å². The zero-order valence-electron chi connectivity index (χ0n) is 13.9. The molecular weight excluding hydrogens is 314 g/mol. The smallest absolute Gasteiger partial charge is 0.339 e. The van der Waals surface area contributed by atoms with Gasteiger partial charge < -0.3 is 24.4 Å². The molecule has 1 atom stereocenters. The summed E-state index contributed by atoms with van der Waals surface area (Å²) in [6.45, 7) is 6.17. The summed E-state index contributed by atoms with van der Waals surface area (Å²) in [5, 5.41) is 13.5. The van der Waals surface area contributed by atoms with Gasteiger partial charge in [-0.2, -0.15) is 0 Å². The van der Waals surface area contributed by atoms with Gasteiger partial charge in [-0.3, -0.25) is 4.79 Å². The standard InChI is InChI=1S/C17H19NO6/c1-8-5-12(23-7-14(19)18-11(4)16(20)21)15-9(2)10(3)17(22)24-13(15)6-8/h5-6,11H,7H2,1-4H3,(H,18,19)(H,20,21)/p-1/t11-/m0/s1. The molecule has 1 N–H and O–H groups in total. The second-order valence-corrected chi connectivity index (χ2v) is 5.67. The van der Waals surface area contributed by atoms with Crippen molar-refractivity contribution in [1.29, 1.82) is 0 Å². The second-order valence-electron chi connectivity index (χ2n) is 5.67. The first kappa shape index (κ1) is 17.5. The molecule has 0 saturated carbocycles. The van der Waals surface area contributed by atoms with Gasteiger partial charge in [0.2, 0.25) is 0 Å². The van der Waals surface area contributed by atoms with E-state index in [-0.39, 0.29) is 6.61 Å². The van der Waals surface area contributed by atoms with Gasteiger partial charge in [0, 0.05) is 5.56 Å². The number of carbonyl (C=O) groups is 2. The van der Waals surface area contributed by atoms with Crippen LogP contribution in [0.15, 0.2) is 21.3 Å². The Hall–Kier alpha value is -2.83. The third-order valence-corrected chi connectivity index (χ3v) is 3.75. The second kappa shape index (κ2) is 6.74. The Morgan fingerprint density at radius 2 is 1.92 bits per heavy atom. The first-order chi connectivity index (χ1) is 11.2. The van der Waals surface area contributed by atoms with E-state index >= 15 is 0 Å². The Labute approximate surface area is 138 Å². The molecule has 2 aromatic rings. The summed E-state index contributed by atoms with van der Waals surface area (Å²) in [6.07, 6.45) is 0. The first-order valence-corrected chi connectivity index (χ1v) is 7.38. The molecule has 7 heteroatoms. The minimum atomic E-state index is -1.38. The molecule has 128 valence electrons. The lowest BCUT2D eigenvalue weighted by Gasteiger charge is -2.16. The summed E-state index contributed by atoms with van der Waals surface area (Å²) in [6, 6.07) is 2.33. The maximum Gasteiger partial charge on any atom is 0.339 e. The molecule has 0 bridgehead atoms. The van der Waals surface area contributed by atoms with E-state index in [0.29, 0.717) is 27.8 Å². The molecule has 0 radical (unpaired) electrons. The minimum Gasteiger partial charge on any atom is -0.548 e. The van der Waals surface area contributed by atoms with E-state index in [1.54, 1.807) is 32.9 Å². The van der Waals surface area contributed by atoms with E-state index < -0.39 is 23.5 Å². The number of hydrogen-bond acceptors (Lipinski definition) is 6. The van der Waals surface area contributed by atoms with Crippen LogP contribution in [0.1, 0.15) is 23.6 Å². The highest BCUT2D eigenvalue weighted by Crippen LogP contribution is 2.30. The van der Waals surface area contributed by atoms with Crippen molar-refractivity contribution < 1.29 is 23.8 Å². The molecule has 0 aliphatic rings. The van der Waals surface area contributed by atoms with Crippen LogP contribution in [0.3, 0.4) is 0 Å². The predicted octanol–water partition coefficient (Wildman–Crippen LogP) is 0.352. The average Bonchev–Trinajstić information content (AvgIpc) is 2.49. The first-order valence-electron chi connectivity index (χ1n) is 7.38. The third kappa shape index (κ3) is 3.56. The number of benzene rings is 1. The van der Waals surface area contributed by atoms with Gasteiger partial charge in [0.05, 0.1) is 17.4 Å². The van der Waals surface area contributed by atoms with Gasteiger partial charge in [-0.05, 0) is 51.0 Å². The van der Waals surface area contributed by atoms with E-state index in [2.05, 4.69) is 5.32 Å². The molecule has 24 heavy (non-hydrogen) atoms. The molecule has 2 rings (SSSR count). The summed E-state index contributed by atoms with van der Waals surface area (Å²) in [5.41, 5.74) is 1.93. The van der Waals surface area contributed by atoms with Gasteiger partial charge in [-0.1, -0.05) is 0 Å². The quantitative estimate of drug-likeness (QED) is 0.792. The Bertz CT molecular complexity index is 867. The summed E-state index contributed by atoms with van der Waals surface area (Å²) in [4.78, 5) is 34.2. The van der Waals surface area contributed by atoms with Crippen molar-refractivity contribution in [1.82, 2.24) is 5.32 Å². The van der Waals surface area contributed by atoms with Crippen LogP contribution >= 0.6 is 0 Å². The van der Waals surface area contributed by atoms with Gasteiger partial charge in [0.1, 0.15) is 11.3 Å². The molecule has 1 amide bonds. The maximum atomic E-state index is 11.8. The third-order valence-electron chi connectivity index (χ3n) is 3.75. The van der Waals surface area contributed by atoms with Crippen molar-refractivity contribution >= 4 is 22.8 Å². The normalized spacial score (nSPS) is 12.0. The van der Waals surface area contributed by atoms with Crippen LogP contribution in [0.2, 0.25) is 0 Å². The minimum absolute atomic E-state index is 0.367. The lowest BCUT2D eigenvalue weighted by Crippen LogP contribution is -2.47. The van der Waals surface area contributed by atoms with E-state index in [4.69, 9.17) is 9.15 Å². The number of ether oxygens (including phenoxy) is 1. The number of aryl methyl sites for hydroxylation is 2. The lowest BCUT2D eigenvalue weighted by atomic mass is 10.0. The van der Waals surface area contributed by atoms with Gasteiger partial charge in [0.15, 0.2) is 6.61 Å². The lowest BCUT2D eigenvalue weighted by molar-refractivity contribution is -0.307. The summed E-state index contributed by atoms with van der Waals surface area (Å²) >= 11 is 0. The molecule has 1 aromatic heterocycles. The average molecular weight is 332 g/mol. The maximum absolute atomic E-state index is 11.8. The Kier molecular flexibility index (Phi) is 4.92. The number of nitrogens with one attached hydrogen (secondary N) is 1. The van der Waals surface area contributed by atoms with Crippen LogP contribution in [0.5, 0.6) is 5.75 Å². The molecule has 0 spiro atoms. The highest BCUT2D eigenvalue weighted by atomic mass is 16.5. The Balaban J connectivity index is 2.32. The predicted molar refractivity (Wildman–Crippen MR) is 84.8 cm³/mol.